The van der Waals surface area contributed by atoms with Gasteiger partial charge in [-0.25, -0.2) is 0 Å². The predicted octanol–water partition coefficient (Wildman–Crippen LogP) is 3.81. The van der Waals surface area contributed by atoms with Crippen LogP contribution in [0.3, 0.4) is 0 Å². The number of nitrogens with one attached hydrogen (secondary N) is 1. The average molecular weight is 327 g/mol. The Kier molecular flexibility index (Phi) is 7.30. The van der Waals surface area contributed by atoms with Gasteiger partial charge in [0, 0.05) is 18.7 Å². The fourth-order valence-electron chi connectivity index (χ4n) is 2.13. The molecule has 0 saturated carbocycles. The monoisotopic (exact) mass is 327 g/mol. The minimum absolute atomic E-state index is 0.0601. The van der Waals surface area contributed by atoms with Crippen molar-refractivity contribution in [3.05, 3.63) is 65.7 Å². The third-order valence-corrected chi connectivity index (χ3v) is 3.42. The van der Waals surface area contributed by atoms with E-state index in [9.17, 15) is 4.79 Å². The first kappa shape index (κ1) is 18.0. The molecule has 0 aliphatic carbocycles. The predicted molar refractivity (Wildman–Crippen MR) is 95.3 cm³/mol. The molecule has 1 N–H and O–H groups in total. The maximum Gasteiger partial charge on any atom is 0.251 e. The van der Waals surface area contributed by atoms with Gasteiger partial charge in [-0.15, -0.1) is 0 Å². The highest BCUT2D eigenvalue weighted by Gasteiger charge is 2.05. The van der Waals surface area contributed by atoms with Crippen molar-refractivity contribution in [3.8, 4) is 5.75 Å². The van der Waals surface area contributed by atoms with Crippen molar-refractivity contribution in [1.29, 1.82) is 0 Å². The van der Waals surface area contributed by atoms with Crippen molar-refractivity contribution in [2.45, 2.75) is 33.0 Å². The van der Waals surface area contributed by atoms with Gasteiger partial charge in [0.15, 0.2) is 0 Å². The van der Waals surface area contributed by atoms with E-state index in [0.29, 0.717) is 25.3 Å². The third kappa shape index (κ3) is 6.42. The smallest absolute Gasteiger partial charge is 0.251 e. The molecule has 128 valence electrons. The van der Waals surface area contributed by atoms with E-state index in [2.05, 4.69) is 5.32 Å². The molecule has 0 heterocycles. The molecule has 0 atom stereocenters. The zero-order valence-electron chi connectivity index (χ0n) is 14.3. The zero-order chi connectivity index (χ0) is 17.2. The molecule has 2 rings (SSSR count). The topological polar surface area (TPSA) is 47.6 Å². The van der Waals surface area contributed by atoms with Crippen LogP contribution in [0.15, 0.2) is 54.6 Å². The van der Waals surface area contributed by atoms with Crippen LogP contribution in [0.25, 0.3) is 0 Å². The normalized spacial score (nSPS) is 10.6. The Balaban J connectivity index is 1.73. The number of rotatable bonds is 9. The summed E-state index contributed by atoms with van der Waals surface area (Å²) in [5.41, 5.74) is 1.68. The summed E-state index contributed by atoms with van der Waals surface area (Å²) in [6, 6.07) is 17.2. The lowest BCUT2D eigenvalue weighted by molar-refractivity contribution is 0.0757. The quantitative estimate of drug-likeness (QED) is 0.713. The molecule has 0 radical (unpaired) electrons. The molecule has 0 fully saturated rings. The van der Waals surface area contributed by atoms with E-state index in [1.165, 1.54) is 0 Å². The highest BCUT2D eigenvalue weighted by molar-refractivity contribution is 5.94. The van der Waals surface area contributed by atoms with Gasteiger partial charge in [-0.2, -0.15) is 0 Å². The molecule has 4 heteroatoms. The number of carbonyl (C=O) groups is 1. The molecule has 4 nitrogen and oxygen atoms in total. The lowest BCUT2D eigenvalue weighted by Crippen LogP contribution is -2.25. The first-order chi connectivity index (χ1) is 11.6. The van der Waals surface area contributed by atoms with Crippen molar-refractivity contribution in [1.82, 2.24) is 5.32 Å². The van der Waals surface area contributed by atoms with Gasteiger partial charge >= 0.3 is 0 Å². The number of ether oxygens (including phenoxy) is 2. The molecule has 0 bridgehead atoms. The summed E-state index contributed by atoms with van der Waals surface area (Å²) in [6.07, 6.45) is 1.04. The molecule has 0 unspecified atom stereocenters. The second kappa shape index (κ2) is 9.73. The molecule has 0 spiro atoms. The van der Waals surface area contributed by atoms with Gasteiger partial charge in [-0.05, 0) is 50.1 Å². The van der Waals surface area contributed by atoms with Crippen LogP contribution in [0.2, 0.25) is 0 Å². The first-order valence-electron chi connectivity index (χ1n) is 8.32. The highest BCUT2D eigenvalue weighted by Crippen LogP contribution is 2.12. The molecular weight excluding hydrogens is 302 g/mol. The van der Waals surface area contributed by atoms with Crippen LogP contribution in [-0.4, -0.2) is 25.2 Å². The van der Waals surface area contributed by atoms with Gasteiger partial charge in [-0.3, -0.25) is 4.79 Å². The molecule has 24 heavy (non-hydrogen) atoms. The Morgan fingerprint density at radius 3 is 2.42 bits per heavy atom. The molecule has 0 aromatic heterocycles. The van der Waals surface area contributed by atoms with Gasteiger partial charge in [0.25, 0.3) is 5.91 Å². The summed E-state index contributed by atoms with van der Waals surface area (Å²) in [5.74, 6) is 0.776. The van der Waals surface area contributed by atoms with Crippen molar-refractivity contribution in [3.63, 3.8) is 0 Å². The number of para-hydroxylation sites is 1. The van der Waals surface area contributed by atoms with Crippen LogP contribution in [0.4, 0.5) is 0 Å². The number of hydrogen-bond donors (Lipinski definition) is 1. The molecule has 1 amide bonds. The molecule has 2 aromatic rings. The Hall–Kier alpha value is -2.33. The zero-order valence-corrected chi connectivity index (χ0v) is 14.3. The van der Waals surface area contributed by atoms with Crippen molar-refractivity contribution < 1.29 is 14.3 Å². The lowest BCUT2D eigenvalue weighted by atomic mass is 10.1. The average Bonchev–Trinajstić information content (AvgIpc) is 2.60. The van der Waals surface area contributed by atoms with E-state index in [-0.39, 0.29) is 12.0 Å². The molecule has 0 aliphatic rings. The van der Waals surface area contributed by atoms with Crippen molar-refractivity contribution >= 4 is 5.91 Å². The molecule has 0 saturated heterocycles. The maximum absolute atomic E-state index is 12.0. The minimum atomic E-state index is -0.0601. The van der Waals surface area contributed by atoms with E-state index >= 15 is 0 Å². The molecular formula is C20H25NO3. The Morgan fingerprint density at radius 2 is 1.75 bits per heavy atom. The summed E-state index contributed by atoms with van der Waals surface area (Å²) in [6.45, 7) is 5.76. The van der Waals surface area contributed by atoms with Crippen LogP contribution in [0.1, 0.15) is 36.2 Å². The van der Waals surface area contributed by atoms with Crippen molar-refractivity contribution in [2.75, 3.05) is 13.2 Å². The number of carbonyl (C=O) groups excluding carboxylic acids is 1. The van der Waals surface area contributed by atoms with Gasteiger partial charge in [0.1, 0.15) is 12.4 Å². The number of amides is 1. The first-order valence-corrected chi connectivity index (χ1v) is 8.32. The maximum atomic E-state index is 12.0. The van der Waals surface area contributed by atoms with Gasteiger partial charge in [-0.1, -0.05) is 30.3 Å². The Bertz CT molecular complexity index is 609. The summed E-state index contributed by atoms with van der Waals surface area (Å²) >= 11 is 0. The summed E-state index contributed by atoms with van der Waals surface area (Å²) in [4.78, 5) is 12.0. The van der Waals surface area contributed by atoms with E-state index in [1.807, 2.05) is 68.4 Å². The van der Waals surface area contributed by atoms with E-state index < -0.39 is 0 Å². The Labute approximate surface area is 143 Å². The standard InChI is InChI=1S/C20H25NO3/c1-16(2)23-14-6-13-21-20(22)18-11-9-17(10-12-18)15-24-19-7-4-3-5-8-19/h3-5,7-12,16H,6,13-15H2,1-2H3,(H,21,22). The summed E-state index contributed by atoms with van der Waals surface area (Å²) < 4.78 is 11.1. The highest BCUT2D eigenvalue weighted by atomic mass is 16.5. The molecule has 2 aromatic carbocycles. The number of benzene rings is 2. The number of hydrogen-bond acceptors (Lipinski definition) is 3. The van der Waals surface area contributed by atoms with E-state index in [4.69, 9.17) is 9.47 Å². The third-order valence-electron chi connectivity index (χ3n) is 3.42. The van der Waals surface area contributed by atoms with Gasteiger partial charge in [0.05, 0.1) is 6.10 Å². The van der Waals surface area contributed by atoms with E-state index in [1.54, 1.807) is 0 Å². The van der Waals surface area contributed by atoms with Crippen LogP contribution in [0, 0.1) is 0 Å². The fraction of sp³-hybridized carbons (Fsp3) is 0.350. The van der Waals surface area contributed by atoms with Gasteiger partial charge < -0.3 is 14.8 Å². The summed E-state index contributed by atoms with van der Waals surface area (Å²) in [7, 11) is 0. The summed E-state index contributed by atoms with van der Waals surface area (Å²) in [5, 5.41) is 2.90. The minimum Gasteiger partial charge on any atom is -0.489 e. The van der Waals surface area contributed by atoms with E-state index in [0.717, 1.165) is 17.7 Å². The molecule has 0 aliphatic heterocycles. The Morgan fingerprint density at radius 1 is 1.04 bits per heavy atom. The van der Waals surface area contributed by atoms with Crippen LogP contribution in [-0.2, 0) is 11.3 Å². The second-order valence-corrected chi connectivity index (χ2v) is 5.83. The van der Waals surface area contributed by atoms with Crippen LogP contribution in [0.5, 0.6) is 5.75 Å². The van der Waals surface area contributed by atoms with Crippen LogP contribution >= 0.6 is 0 Å². The fourth-order valence-corrected chi connectivity index (χ4v) is 2.13. The SMILES string of the molecule is CC(C)OCCCNC(=O)c1ccc(COc2ccccc2)cc1. The van der Waals surface area contributed by atoms with Crippen LogP contribution < -0.4 is 10.1 Å². The van der Waals surface area contributed by atoms with Gasteiger partial charge in [0.2, 0.25) is 0 Å². The lowest BCUT2D eigenvalue weighted by Gasteiger charge is -2.09. The largest absolute Gasteiger partial charge is 0.489 e. The second-order valence-electron chi connectivity index (χ2n) is 5.83. The van der Waals surface area contributed by atoms with Crippen molar-refractivity contribution in [2.24, 2.45) is 0 Å².